The normalized spacial score (nSPS) is 19.0. The van der Waals surface area contributed by atoms with Crippen LogP contribution in [0, 0.1) is 0 Å². The Hall–Kier alpha value is -1.63. The maximum atomic E-state index is 13.2. The summed E-state index contributed by atoms with van der Waals surface area (Å²) in [5.74, 6) is 0. The Morgan fingerprint density at radius 1 is 1.25 bits per heavy atom. The molecule has 0 saturated heterocycles. The summed E-state index contributed by atoms with van der Waals surface area (Å²) in [7, 11) is -1.74. The fraction of sp³-hybridized carbons (Fsp3) is 0.353. The molecular weight excluding hydrogens is 346 g/mol. The van der Waals surface area contributed by atoms with E-state index < -0.39 is 10.0 Å². The van der Waals surface area contributed by atoms with Gasteiger partial charge in [0.05, 0.1) is 0 Å². The molecule has 24 heavy (non-hydrogen) atoms. The minimum Gasteiger partial charge on any atom is -0.373 e. The lowest BCUT2D eigenvalue weighted by Crippen LogP contribution is -2.43. The highest BCUT2D eigenvalue weighted by molar-refractivity contribution is 7.89. The second kappa shape index (κ2) is 6.70. The van der Waals surface area contributed by atoms with Crippen LogP contribution in [0.4, 0.5) is 5.69 Å². The van der Waals surface area contributed by atoms with Crippen LogP contribution >= 0.6 is 11.6 Å². The fourth-order valence-electron chi connectivity index (χ4n) is 3.12. The van der Waals surface area contributed by atoms with Crippen LogP contribution in [-0.2, 0) is 16.6 Å². The number of hydrogen-bond donors (Lipinski definition) is 0. The Balaban J connectivity index is 2.10. The molecule has 3 rings (SSSR count). The molecule has 0 saturated carbocycles. The molecule has 128 valence electrons. The molecule has 0 fully saturated rings. The summed E-state index contributed by atoms with van der Waals surface area (Å²) in [4.78, 5) is 6.10. The van der Waals surface area contributed by atoms with Gasteiger partial charge in [-0.1, -0.05) is 36.7 Å². The quantitative estimate of drug-likeness (QED) is 0.784. The van der Waals surface area contributed by atoms with Gasteiger partial charge in [-0.05, 0) is 30.2 Å². The largest absolute Gasteiger partial charge is 0.373 e. The second-order valence-corrected chi connectivity index (χ2v) is 8.13. The van der Waals surface area contributed by atoms with Crippen molar-refractivity contribution in [1.29, 1.82) is 0 Å². The predicted molar refractivity (Wildman–Crippen MR) is 95.8 cm³/mol. The Bertz CT molecular complexity index is 841. The third-order valence-corrected chi connectivity index (χ3v) is 6.75. The summed E-state index contributed by atoms with van der Waals surface area (Å²) in [6.07, 6.45) is 2.21. The van der Waals surface area contributed by atoms with E-state index in [4.69, 9.17) is 11.6 Å². The van der Waals surface area contributed by atoms with E-state index in [0.717, 1.165) is 17.7 Å². The first-order valence-corrected chi connectivity index (χ1v) is 9.68. The van der Waals surface area contributed by atoms with Crippen molar-refractivity contribution in [1.82, 2.24) is 9.29 Å². The van der Waals surface area contributed by atoms with Gasteiger partial charge in [0.1, 0.15) is 10.0 Å². The van der Waals surface area contributed by atoms with E-state index >= 15 is 0 Å². The first-order chi connectivity index (χ1) is 11.4. The Morgan fingerprint density at radius 3 is 2.71 bits per heavy atom. The lowest BCUT2D eigenvalue weighted by atomic mass is 10.1. The SMILES string of the molecule is CCC1CN(C)c2ccccc2CN1S(=O)(=O)c1cccnc1Cl. The van der Waals surface area contributed by atoms with Crippen LogP contribution in [0.15, 0.2) is 47.5 Å². The van der Waals surface area contributed by atoms with Crippen molar-refractivity contribution in [3.05, 3.63) is 53.3 Å². The minimum absolute atomic E-state index is 0.0123. The van der Waals surface area contributed by atoms with E-state index in [1.807, 2.05) is 38.2 Å². The summed E-state index contributed by atoms with van der Waals surface area (Å²) in [5.41, 5.74) is 2.05. The van der Waals surface area contributed by atoms with E-state index in [1.54, 1.807) is 10.4 Å². The smallest absolute Gasteiger partial charge is 0.246 e. The molecule has 2 heterocycles. The number of likely N-dealkylation sites (N-methyl/N-ethyl adjacent to an activating group) is 1. The Morgan fingerprint density at radius 2 is 2.00 bits per heavy atom. The highest BCUT2D eigenvalue weighted by atomic mass is 35.5. The van der Waals surface area contributed by atoms with Crippen LogP contribution in [0.1, 0.15) is 18.9 Å². The first kappa shape index (κ1) is 17.2. The zero-order valence-electron chi connectivity index (χ0n) is 13.7. The second-order valence-electron chi connectivity index (χ2n) is 5.91. The lowest BCUT2D eigenvalue weighted by molar-refractivity contribution is 0.315. The van der Waals surface area contributed by atoms with Crippen molar-refractivity contribution in [2.75, 3.05) is 18.5 Å². The number of fused-ring (bicyclic) bond motifs is 1. The van der Waals surface area contributed by atoms with Crippen molar-refractivity contribution in [3.8, 4) is 0 Å². The number of para-hydroxylation sites is 1. The number of halogens is 1. The fourth-order valence-corrected chi connectivity index (χ4v) is 5.22. The highest BCUT2D eigenvalue weighted by Crippen LogP contribution is 2.32. The molecule has 2 aromatic rings. The molecule has 1 aromatic heterocycles. The van der Waals surface area contributed by atoms with Crippen molar-refractivity contribution in [2.24, 2.45) is 0 Å². The van der Waals surface area contributed by atoms with Gasteiger partial charge in [0, 0.05) is 38.1 Å². The number of pyridine rings is 1. The average molecular weight is 366 g/mol. The van der Waals surface area contributed by atoms with Crippen molar-refractivity contribution in [2.45, 2.75) is 30.8 Å². The number of hydrogen-bond acceptors (Lipinski definition) is 4. The van der Waals surface area contributed by atoms with E-state index in [1.165, 1.54) is 12.3 Å². The van der Waals surface area contributed by atoms with E-state index in [0.29, 0.717) is 13.1 Å². The van der Waals surface area contributed by atoms with E-state index in [2.05, 4.69) is 9.88 Å². The highest BCUT2D eigenvalue weighted by Gasteiger charge is 2.35. The van der Waals surface area contributed by atoms with Crippen LogP contribution in [0.3, 0.4) is 0 Å². The summed E-state index contributed by atoms with van der Waals surface area (Å²) in [6.45, 7) is 2.96. The van der Waals surface area contributed by atoms with E-state index in [-0.39, 0.29) is 16.1 Å². The van der Waals surface area contributed by atoms with Gasteiger partial charge >= 0.3 is 0 Å². The topological polar surface area (TPSA) is 53.5 Å². The maximum Gasteiger partial charge on any atom is 0.246 e. The van der Waals surface area contributed by atoms with Crippen LogP contribution in [0.5, 0.6) is 0 Å². The number of nitrogens with zero attached hydrogens (tertiary/aromatic N) is 3. The van der Waals surface area contributed by atoms with Gasteiger partial charge in [0.25, 0.3) is 0 Å². The van der Waals surface area contributed by atoms with Crippen molar-refractivity contribution >= 4 is 27.3 Å². The summed E-state index contributed by atoms with van der Waals surface area (Å²) in [6, 6.07) is 10.9. The zero-order chi connectivity index (χ0) is 17.3. The van der Waals surface area contributed by atoms with Crippen LogP contribution < -0.4 is 4.90 Å². The molecule has 1 atom stereocenters. The lowest BCUT2D eigenvalue weighted by Gasteiger charge is -2.29. The molecule has 7 heteroatoms. The molecule has 1 aliphatic heterocycles. The van der Waals surface area contributed by atoms with Crippen LogP contribution in [-0.4, -0.2) is 37.3 Å². The molecule has 0 N–H and O–H groups in total. The van der Waals surface area contributed by atoms with Gasteiger partial charge in [0.2, 0.25) is 10.0 Å². The predicted octanol–water partition coefficient (Wildman–Crippen LogP) is 3.15. The van der Waals surface area contributed by atoms with Crippen molar-refractivity contribution < 1.29 is 8.42 Å². The summed E-state index contributed by atoms with van der Waals surface area (Å²) < 4.78 is 28.0. The Kier molecular flexibility index (Phi) is 4.80. The zero-order valence-corrected chi connectivity index (χ0v) is 15.3. The molecule has 1 aromatic carbocycles. The molecule has 1 unspecified atom stereocenters. The van der Waals surface area contributed by atoms with Crippen LogP contribution in [0.25, 0.3) is 0 Å². The number of benzene rings is 1. The monoisotopic (exact) mass is 365 g/mol. The molecule has 5 nitrogen and oxygen atoms in total. The molecule has 0 amide bonds. The summed E-state index contributed by atoms with van der Waals surface area (Å²) >= 11 is 6.06. The van der Waals surface area contributed by atoms with Gasteiger partial charge in [-0.2, -0.15) is 4.31 Å². The number of sulfonamides is 1. The molecule has 1 aliphatic rings. The van der Waals surface area contributed by atoms with Gasteiger partial charge < -0.3 is 4.90 Å². The number of anilines is 1. The third kappa shape index (κ3) is 3.01. The van der Waals surface area contributed by atoms with E-state index in [9.17, 15) is 8.42 Å². The maximum absolute atomic E-state index is 13.2. The molecule has 0 aliphatic carbocycles. The van der Waals surface area contributed by atoms with Gasteiger partial charge in [-0.3, -0.25) is 0 Å². The van der Waals surface area contributed by atoms with Gasteiger partial charge in [0.15, 0.2) is 0 Å². The Labute approximate surface area is 147 Å². The molecule has 0 radical (unpaired) electrons. The van der Waals surface area contributed by atoms with Gasteiger partial charge in [-0.15, -0.1) is 0 Å². The first-order valence-electron chi connectivity index (χ1n) is 7.86. The minimum atomic E-state index is -3.73. The van der Waals surface area contributed by atoms with Crippen LogP contribution in [0.2, 0.25) is 5.15 Å². The number of aromatic nitrogens is 1. The third-order valence-electron chi connectivity index (χ3n) is 4.40. The molecular formula is C17H20ClN3O2S. The standard InChI is InChI=1S/C17H20ClN3O2S/c1-3-14-12-20(2)15-8-5-4-7-13(15)11-21(14)24(22,23)16-9-6-10-19-17(16)18/h4-10,14H,3,11-12H2,1-2H3. The summed E-state index contributed by atoms with van der Waals surface area (Å²) in [5, 5.41) is 0.0123. The van der Waals surface area contributed by atoms with Crippen molar-refractivity contribution in [3.63, 3.8) is 0 Å². The van der Waals surface area contributed by atoms with Gasteiger partial charge in [-0.25, -0.2) is 13.4 Å². The number of rotatable bonds is 3. The molecule has 0 bridgehead atoms. The molecule has 0 spiro atoms. The average Bonchev–Trinajstić information content (AvgIpc) is 2.72.